The number of fused-ring (bicyclic) bond motifs is 3. The molecule has 8 nitrogen and oxygen atoms in total. The molecule has 1 aliphatic rings. The van der Waals surface area contributed by atoms with Crippen LogP contribution in [0.5, 0.6) is 0 Å². The van der Waals surface area contributed by atoms with Gasteiger partial charge in [0.25, 0.3) is 0 Å². The quantitative estimate of drug-likeness (QED) is 0.207. The van der Waals surface area contributed by atoms with Crippen molar-refractivity contribution in [3.05, 3.63) is 62.5 Å². The number of carbonyl (C=O) groups is 1. The zero-order valence-electron chi connectivity index (χ0n) is 24.1. The lowest BCUT2D eigenvalue weighted by Crippen LogP contribution is -2.29. The third-order valence-corrected chi connectivity index (χ3v) is 8.84. The molecule has 2 aromatic heterocycles. The van der Waals surface area contributed by atoms with Gasteiger partial charge in [0.05, 0.1) is 5.71 Å². The van der Waals surface area contributed by atoms with Crippen LogP contribution in [-0.2, 0) is 4.79 Å². The number of halogens is 1. The number of nitrogens with one attached hydrogen (secondary N) is 3. The van der Waals surface area contributed by atoms with Gasteiger partial charge in [0.2, 0.25) is 5.91 Å². The summed E-state index contributed by atoms with van der Waals surface area (Å²) < 4.78 is 2.21. The molecule has 1 aromatic carbocycles. The topological polar surface area (TPSA) is 96.2 Å². The first-order valence-electron chi connectivity index (χ1n) is 14.4. The largest absolute Gasteiger partial charge is 0.356 e. The van der Waals surface area contributed by atoms with Gasteiger partial charge in [-0.3, -0.25) is 14.4 Å². The van der Waals surface area contributed by atoms with E-state index >= 15 is 0 Å². The van der Waals surface area contributed by atoms with Gasteiger partial charge in [0.1, 0.15) is 16.9 Å². The lowest BCUT2D eigenvalue weighted by atomic mass is 9.99. The second-order valence-electron chi connectivity index (χ2n) is 10.4. The number of hydrogen-bond acceptors (Lipinski definition) is 7. The number of aliphatic imine (C=N–C) groups is 1. The minimum absolute atomic E-state index is 0.0869. The molecule has 10 heteroatoms. The SMILES string of the molecule is CNCCNCCCNC(=O)CCCCCCC1N=C(c2ccc(Cl)cc2)c2c(sc(C)c2C)-n2c(C)nnc21. The molecule has 0 bridgehead atoms. The Morgan fingerprint density at radius 1 is 0.975 bits per heavy atom. The zero-order chi connectivity index (χ0) is 28.5. The molecule has 0 aliphatic carbocycles. The first-order chi connectivity index (χ1) is 19.4. The van der Waals surface area contributed by atoms with E-state index in [9.17, 15) is 4.79 Å². The van der Waals surface area contributed by atoms with Crippen LogP contribution in [0.2, 0.25) is 5.02 Å². The molecule has 1 unspecified atom stereocenters. The minimum Gasteiger partial charge on any atom is -0.356 e. The Bertz CT molecular complexity index is 1300. The zero-order valence-corrected chi connectivity index (χ0v) is 25.7. The molecule has 0 radical (unpaired) electrons. The van der Waals surface area contributed by atoms with Crippen LogP contribution in [0.4, 0.5) is 0 Å². The van der Waals surface area contributed by atoms with E-state index in [-0.39, 0.29) is 11.9 Å². The molecule has 0 saturated heterocycles. The van der Waals surface area contributed by atoms with Gasteiger partial charge in [-0.25, -0.2) is 0 Å². The number of hydrogen-bond donors (Lipinski definition) is 3. The van der Waals surface area contributed by atoms with Crippen LogP contribution in [-0.4, -0.2) is 59.6 Å². The van der Waals surface area contributed by atoms with E-state index in [1.807, 2.05) is 26.1 Å². The summed E-state index contributed by atoms with van der Waals surface area (Å²) in [4.78, 5) is 18.8. The lowest BCUT2D eigenvalue weighted by molar-refractivity contribution is -0.121. The van der Waals surface area contributed by atoms with E-state index < -0.39 is 0 Å². The fourth-order valence-corrected chi connectivity index (χ4v) is 6.37. The summed E-state index contributed by atoms with van der Waals surface area (Å²) in [6, 6.07) is 7.88. The lowest BCUT2D eigenvalue weighted by Gasteiger charge is -2.13. The summed E-state index contributed by atoms with van der Waals surface area (Å²) >= 11 is 7.99. The van der Waals surface area contributed by atoms with Gasteiger partial charge in [-0.05, 0) is 71.3 Å². The number of rotatable bonds is 15. The van der Waals surface area contributed by atoms with Gasteiger partial charge in [0.15, 0.2) is 5.82 Å². The van der Waals surface area contributed by atoms with Gasteiger partial charge in [-0.15, -0.1) is 21.5 Å². The number of carbonyl (C=O) groups excluding carboxylic acids is 1. The first-order valence-corrected chi connectivity index (χ1v) is 15.6. The molecule has 3 aromatic rings. The molecule has 216 valence electrons. The third-order valence-electron chi connectivity index (χ3n) is 7.39. The average molecular weight is 584 g/mol. The van der Waals surface area contributed by atoms with Gasteiger partial charge in [-0.1, -0.05) is 43.0 Å². The molecular formula is C30H42ClN7OS. The van der Waals surface area contributed by atoms with E-state index in [0.29, 0.717) is 11.4 Å². The van der Waals surface area contributed by atoms with Crippen molar-refractivity contribution in [2.75, 3.05) is 33.2 Å². The summed E-state index contributed by atoms with van der Waals surface area (Å²) in [6.45, 7) is 9.91. The normalized spacial score (nSPS) is 14.4. The highest BCUT2D eigenvalue weighted by Crippen LogP contribution is 2.40. The van der Waals surface area contributed by atoms with Crippen molar-refractivity contribution in [1.29, 1.82) is 0 Å². The van der Waals surface area contributed by atoms with E-state index in [2.05, 4.69) is 56.7 Å². The number of unbranched alkanes of at least 4 members (excludes halogenated alkanes) is 3. The highest BCUT2D eigenvalue weighted by atomic mass is 35.5. The molecule has 1 amide bonds. The van der Waals surface area contributed by atoms with Crippen LogP contribution in [0.25, 0.3) is 5.00 Å². The van der Waals surface area contributed by atoms with Crippen LogP contribution in [0.15, 0.2) is 29.3 Å². The monoisotopic (exact) mass is 583 g/mol. The molecule has 1 aliphatic heterocycles. The predicted octanol–water partition coefficient (Wildman–Crippen LogP) is 5.46. The van der Waals surface area contributed by atoms with Crippen molar-refractivity contribution in [2.24, 2.45) is 4.99 Å². The van der Waals surface area contributed by atoms with Crippen LogP contribution in [0, 0.1) is 20.8 Å². The fraction of sp³-hybridized carbons (Fsp3) is 0.533. The van der Waals surface area contributed by atoms with Gasteiger partial charge < -0.3 is 16.0 Å². The van der Waals surface area contributed by atoms with Gasteiger partial charge in [0, 0.05) is 47.1 Å². The van der Waals surface area contributed by atoms with Gasteiger partial charge >= 0.3 is 0 Å². The number of aromatic nitrogens is 3. The van der Waals surface area contributed by atoms with Gasteiger partial charge in [-0.2, -0.15) is 0 Å². The van der Waals surface area contributed by atoms with E-state index in [0.717, 1.165) is 98.2 Å². The Balaban J connectivity index is 1.35. The standard InChI is InChI=1S/C30H42ClN7OS/c1-20-21(2)40-30-27(20)28(23-12-14-24(31)15-13-23)35-25(29-37-36-22(3)38(29)30)10-7-5-6-8-11-26(39)34-17-9-16-33-19-18-32-4/h12-15,25,32-33H,5-11,16-19H2,1-4H3,(H,34,39). The maximum atomic E-state index is 12.2. The van der Waals surface area contributed by atoms with Crippen LogP contribution >= 0.6 is 22.9 Å². The maximum Gasteiger partial charge on any atom is 0.219 e. The molecule has 40 heavy (non-hydrogen) atoms. The molecular weight excluding hydrogens is 542 g/mol. The van der Waals surface area contributed by atoms with Crippen molar-refractivity contribution in [3.63, 3.8) is 0 Å². The first kappa shape index (κ1) is 30.4. The van der Waals surface area contributed by atoms with E-state index in [4.69, 9.17) is 16.6 Å². The molecule has 0 spiro atoms. The number of thiophene rings is 1. The minimum atomic E-state index is -0.0869. The fourth-order valence-electron chi connectivity index (χ4n) is 5.03. The van der Waals surface area contributed by atoms with Crippen molar-refractivity contribution >= 4 is 34.6 Å². The summed E-state index contributed by atoms with van der Waals surface area (Å²) in [5.41, 5.74) is 4.47. The molecule has 3 N–H and O–H groups in total. The van der Waals surface area contributed by atoms with Crippen molar-refractivity contribution < 1.29 is 4.79 Å². The third kappa shape index (κ3) is 7.57. The Morgan fingerprint density at radius 2 is 1.75 bits per heavy atom. The smallest absolute Gasteiger partial charge is 0.219 e. The maximum absolute atomic E-state index is 12.2. The molecule has 4 rings (SSSR count). The van der Waals surface area contributed by atoms with E-state index in [1.54, 1.807) is 11.3 Å². The molecule has 1 atom stereocenters. The van der Waals surface area contributed by atoms with E-state index in [1.165, 1.54) is 10.4 Å². The number of benzene rings is 1. The Kier molecular flexibility index (Phi) is 11.3. The highest BCUT2D eigenvalue weighted by molar-refractivity contribution is 7.15. The summed E-state index contributed by atoms with van der Waals surface area (Å²) in [5.74, 6) is 1.94. The number of aryl methyl sites for hydroxylation is 2. The number of likely N-dealkylation sites (N-methyl/N-ethyl adjacent to an activating group) is 1. The van der Waals surface area contributed by atoms with Crippen molar-refractivity contribution in [2.45, 2.75) is 71.8 Å². The average Bonchev–Trinajstić information content (AvgIpc) is 3.41. The molecule has 3 heterocycles. The van der Waals surface area contributed by atoms with Crippen molar-refractivity contribution in [3.8, 4) is 5.00 Å². The molecule has 0 saturated carbocycles. The number of amides is 1. The second kappa shape index (κ2) is 14.9. The second-order valence-corrected chi connectivity index (χ2v) is 12.1. The molecule has 0 fully saturated rings. The summed E-state index contributed by atoms with van der Waals surface area (Å²) in [6.07, 6.45) is 6.41. The Labute approximate surface area is 247 Å². The van der Waals surface area contributed by atoms with Crippen LogP contribution in [0.3, 0.4) is 0 Å². The summed E-state index contributed by atoms with van der Waals surface area (Å²) in [5, 5.41) is 20.4. The Morgan fingerprint density at radius 3 is 2.52 bits per heavy atom. The van der Waals surface area contributed by atoms with Crippen molar-refractivity contribution in [1.82, 2.24) is 30.7 Å². The summed E-state index contributed by atoms with van der Waals surface area (Å²) in [7, 11) is 1.94. The number of nitrogens with zero attached hydrogens (tertiary/aromatic N) is 4. The van der Waals surface area contributed by atoms with Crippen LogP contribution < -0.4 is 16.0 Å². The highest BCUT2D eigenvalue weighted by Gasteiger charge is 2.31. The predicted molar refractivity (Wildman–Crippen MR) is 165 cm³/mol. The Hall–Kier alpha value is -2.59. The van der Waals surface area contributed by atoms with Crippen LogP contribution in [0.1, 0.15) is 84.2 Å².